The van der Waals surface area contributed by atoms with Gasteiger partial charge in [-0.2, -0.15) is 0 Å². The van der Waals surface area contributed by atoms with Gasteiger partial charge in [-0.05, 0) is 36.6 Å². The maximum atomic E-state index is 14.2. The first-order chi connectivity index (χ1) is 11.5. The van der Waals surface area contributed by atoms with E-state index in [1.165, 1.54) is 30.2 Å². The summed E-state index contributed by atoms with van der Waals surface area (Å²) in [6, 6.07) is 8.69. The molecule has 1 heterocycles. The van der Waals surface area contributed by atoms with Gasteiger partial charge in [0.1, 0.15) is 5.82 Å². The summed E-state index contributed by atoms with van der Waals surface area (Å²) in [5, 5.41) is 11.1. The van der Waals surface area contributed by atoms with Crippen molar-refractivity contribution < 1.29 is 18.8 Å². The summed E-state index contributed by atoms with van der Waals surface area (Å²) in [6.45, 7) is 0.368. The number of nitro benzene ring substituents is 1. The second-order valence-electron chi connectivity index (χ2n) is 5.45. The molecule has 2 aromatic carbocycles. The fourth-order valence-electron chi connectivity index (χ4n) is 2.93. The number of nitrogens with zero attached hydrogens (tertiary/aromatic N) is 2. The van der Waals surface area contributed by atoms with E-state index in [1.807, 2.05) is 0 Å². The molecule has 0 bridgehead atoms. The standard InChI is InChI=1S/C17H15FN2O4/c1-24-15-8-7-12(10-14(15)20(22)23)17(21)19-9-3-5-11-4-2-6-13(18)16(11)19/h2,4,6-8,10H,3,5,9H2,1H3. The summed E-state index contributed by atoms with van der Waals surface area (Å²) in [5.74, 6) is -0.864. The third-order valence-electron chi connectivity index (χ3n) is 4.04. The Kier molecular flexibility index (Phi) is 4.16. The molecule has 6 nitrogen and oxygen atoms in total. The minimum Gasteiger partial charge on any atom is -0.490 e. The number of carbonyl (C=O) groups excluding carboxylic acids is 1. The van der Waals surface area contributed by atoms with Gasteiger partial charge in [-0.25, -0.2) is 4.39 Å². The third kappa shape index (κ3) is 2.68. The second-order valence-corrected chi connectivity index (χ2v) is 5.45. The van der Waals surface area contributed by atoms with Gasteiger partial charge in [0.15, 0.2) is 5.75 Å². The summed E-state index contributed by atoms with van der Waals surface area (Å²) in [6.07, 6.45) is 1.40. The monoisotopic (exact) mass is 330 g/mol. The lowest BCUT2D eigenvalue weighted by Gasteiger charge is -2.29. The van der Waals surface area contributed by atoms with Crippen LogP contribution in [0.5, 0.6) is 5.75 Å². The molecule has 124 valence electrons. The maximum Gasteiger partial charge on any atom is 0.311 e. The number of aryl methyl sites for hydroxylation is 1. The van der Waals surface area contributed by atoms with E-state index in [4.69, 9.17) is 4.74 Å². The van der Waals surface area contributed by atoms with Crippen LogP contribution >= 0.6 is 0 Å². The van der Waals surface area contributed by atoms with Gasteiger partial charge in [0, 0.05) is 18.2 Å². The second kappa shape index (κ2) is 6.27. The number of ether oxygens (including phenoxy) is 1. The highest BCUT2D eigenvalue weighted by Gasteiger charge is 2.28. The van der Waals surface area contributed by atoms with E-state index in [0.29, 0.717) is 19.4 Å². The van der Waals surface area contributed by atoms with Crippen LogP contribution in [0.2, 0.25) is 0 Å². The molecule has 0 N–H and O–H groups in total. The Hall–Kier alpha value is -2.96. The summed E-state index contributed by atoms with van der Waals surface area (Å²) in [7, 11) is 1.32. The molecule has 0 unspecified atom stereocenters. The van der Waals surface area contributed by atoms with Crippen molar-refractivity contribution >= 4 is 17.3 Å². The van der Waals surface area contributed by atoms with Crippen LogP contribution in [-0.4, -0.2) is 24.5 Å². The summed E-state index contributed by atoms with van der Waals surface area (Å²) >= 11 is 0. The average Bonchev–Trinajstić information content (AvgIpc) is 2.60. The third-order valence-corrected chi connectivity index (χ3v) is 4.04. The Morgan fingerprint density at radius 3 is 2.83 bits per heavy atom. The van der Waals surface area contributed by atoms with E-state index < -0.39 is 16.6 Å². The number of fused-ring (bicyclic) bond motifs is 1. The van der Waals surface area contributed by atoms with E-state index in [1.54, 1.807) is 12.1 Å². The van der Waals surface area contributed by atoms with Crippen molar-refractivity contribution in [3.63, 3.8) is 0 Å². The number of methoxy groups -OCH3 is 1. The highest BCUT2D eigenvalue weighted by molar-refractivity contribution is 6.07. The van der Waals surface area contributed by atoms with E-state index in [2.05, 4.69) is 0 Å². The first kappa shape index (κ1) is 15.9. The number of anilines is 1. The number of halogens is 1. The molecule has 7 heteroatoms. The van der Waals surface area contributed by atoms with Gasteiger partial charge < -0.3 is 9.64 Å². The van der Waals surface area contributed by atoms with Crippen LogP contribution in [0.3, 0.4) is 0 Å². The molecule has 0 aromatic heterocycles. The van der Waals surface area contributed by atoms with Crippen LogP contribution in [-0.2, 0) is 6.42 Å². The van der Waals surface area contributed by atoms with Crippen LogP contribution in [0.25, 0.3) is 0 Å². The SMILES string of the molecule is COc1ccc(C(=O)N2CCCc3cccc(F)c32)cc1[N+](=O)[O-]. The van der Waals surface area contributed by atoms with Crippen molar-refractivity contribution in [1.82, 2.24) is 0 Å². The molecule has 1 aliphatic rings. The first-order valence-corrected chi connectivity index (χ1v) is 7.44. The minimum absolute atomic E-state index is 0.0711. The largest absolute Gasteiger partial charge is 0.490 e. The molecule has 1 amide bonds. The zero-order chi connectivity index (χ0) is 17.3. The van der Waals surface area contributed by atoms with Crippen LogP contribution < -0.4 is 9.64 Å². The molecule has 0 fully saturated rings. The highest BCUT2D eigenvalue weighted by Crippen LogP contribution is 2.33. The lowest BCUT2D eigenvalue weighted by Crippen LogP contribution is -2.36. The molecule has 0 saturated carbocycles. The van der Waals surface area contributed by atoms with Gasteiger partial charge in [-0.3, -0.25) is 14.9 Å². The number of hydrogen-bond acceptors (Lipinski definition) is 4. The lowest BCUT2D eigenvalue weighted by atomic mass is 10.00. The van der Waals surface area contributed by atoms with Gasteiger partial charge >= 0.3 is 5.69 Å². The van der Waals surface area contributed by atoms with E-state index in [0.717, 1.165) is 11.6 Å². The number of benzene rings is 2. The Labute approximate surface area is 137 Å². The number of para-hydroxylation sites is 1. The van der Waals surface area contributed by atoms with E-state index in [9.17, 15) is 19.3 Å². The van der Waals surface area contributed by atoms with Crippen molar-refractivity contribution in [3.8, 4) is 5.75 Å². The van der Waals surface area contributed by atoms with Crippen molar-refractivity contribution in [2.75, 3.05) is 18.6 Å². The molecule has 3 rings (SSSR count). The normalized spacial score (nSPS) is 13.3. The molecule has 0 atom stereocenters. The average molecular weight is 330 g/mol. The molecule has 1 aliphatic heterocycles. The smallest absolute Gasteiger partial charge is 0.311 e. The first-order valence-electron chi connectivity index (χ1n) is 7.44. The fraction of sp³-hybridized carbons (Fsp3) is 0.235. The molecule has 2 aromatic rings. The molecule has 0 aliphatic carbocycles. The molecule has 0 spiro atoms. The van der Waals surface area contributed by atoms with Crippen LogP contribution in [0.4, 0.5) is 15.8 Å². The predicted octanol–water partition coefficient (Wildman–Crippen LogP) is 3.34. The number of nitro groups is 1. The van der Waals surface area contributed by atoms with Crippen LogP contribution in [0.15, 0.2) is 36.4 Å². The van der Waals surface area contributed by atoms with Crippen LogP contribution in [0.1, 0.15) is 22.3 Å². The van der Waals surface area contributed by atoms with Gasteiger partial charge in [0.25, 0.3) is 5.91 Å². The highest BCUT2D eigenvalue weighted by atomic mass is 19.1. The lowest BCUT2D eigenvalue weighted by molar-refractivity contribution is -0.385. The minimum atomic E-state index is -0.611. The molecule has 0 radical (unpaired) electrons. The Morgan fingerprint density at radius 2 is 2.12 bits per heavy atom. The fourth-order valence-corrected chi connectivity index (χ4v) is 2.93. The van der Waals surface area contributed by atoms with Crippen molar-refractivity contribution in [2.45, 2.75) is 12.8 Å². The summed E-state index contributed by atoms with van der Waals surface area (Å²) < 4.78 is 19.1. The van der Waals surface area contributed by atoms with Crippen molar-refractivity contribution in [3.05, 3.63) is 63.5 Å². The number of carbonyl (C=O) groups is 1. The van der Waals surface area contributed by atoms with Gasteiger partial charge in [0.2, 0.25) is 0 Å². The Balaban J connectivity index is 2.03. The van der Waals surface area contributed by atoms with Crippen molar-refractivity contribution in [2.24, 2.45) is 0 Å². The summed E-state index contributed by atoms with van der Waals surface area (Å²) in [5.41, 5.74) is 0.845. The van der Waals surface area contributed by atoms with E-state index in [-0.39, 0.29) is 22.7 Å². The Morgan fingerprint density at radius 1 is 1.33 bits per heavy atom. The molecule has 0 saturated heterocycles. The van der Waals surface area contributed by atoms with Gasteiger partial charge in [-0.15, -0.1) is 0 Å². The van der Waals surface area contributed by atoms with Crippen molar-refractivity contribution in [1.29, 1.82) is 0 Å². The molecular weight excluding hydrogens is 315 g/mol. The molecular formula is C17H15FN2O4. The van der Waals surface area contributed by atoms with Gasteiger partial charge in [0.05, 0.1) is 17.7 Å². The van der Waals surface area contributed by atoms with E-state index >= 15 is 0 Å². The zero-order valence-corrected chi connectivity index (χ0v) is 13.0. The van der Waals surface area contributed by atoms with Crippen LogP contribution in [0, 0.1) is 15.9 Å². The Bertz CT molecular complexity index is 822. The summed E-state index contributed by atoms with van der Waals surface area (Å²) in [4.78, 5) is 24.6. The number of amides is 1. The number of hydrogen-bond donors (Lipinski definition) is 0. The maximum absolute atomic E-state index is 14.2. The zero-order valence-electron chi connectivity index (χ0n) is 13.0. The number of rotatable bonds is 3. The molecule has 24 heavy (non-hydrogen) atoms. The topological polar surface area (TPSA) is 72.7 Å². The quantitative estimate of drug-likeness (QED) is 0.639. The predicted molar refractivity (Wildman–Crippen MR) is 86.0 cm³/mol. The van der Waals surface area contributed by atoms with Gasteiger partial charge in [-0.1, -0.05) is 12.1 Å².